The second-order valence-electron chi connectivity index (χ2n) is 4.35. The zero-order valence-corrected chi connectivity index (χ0v) is 12.4. The van der Waals surface area contributed by atoms with E-state index in [9.17, 15) is 9.59 Å². The van der Waals surface area contributed by atoms with Gasteiger partial charge in [0.2, 0.25) is 0 Å². The summed E-state index contributed by atoms with van der Waals surface area (Å²) in [4.78, 5) is 23.0. The molecule has 0 unspecified atom stereocenters. The third-order valence-corrected chi connectivity index (χ3v) is 3.73. The van der Waals surface area contributed by atoms with Crippen LogP contribution in [0.25, 0.3) is 0 Å². The van der Waals surface area contributed by atoms with Crippen LogP contribution in [0, 0.1) is 13.8 Å². The summed E-state index contributed by atoms with van der Waals surface area (Å²) in [5, 5.41) is 0.702. The highest BCUT2D eigenvalue weighted by molar-refractivity contribution is 6.42. The highest BCUT2D eigenvalue weighted by atomic mass is 35.5. The standard InChI is InChI=1S/C14H12Cl2N2O2/c1-8-5-11(7-19)9(2)18(8)17-14(20)10-3-4-12(15)13(16)6-10/h3-7H,1-2H3,(H,17,20). The van der Waals surface area contributed by atoms with Gasteiger partial charge in [-0.25, -0.2) is 0 Å². The Morgan fingerprint density at radius 2 is 1.90 bits per heavy atom. The van der Waals surface area contributed by atoms with Crippen molar-refractivity contribution in [2.45, 2.75) is 13.8 Å². The fraction of sp³-hybridized carbons (Fsp3) is 0.143. The van der Waals surface area contributed by atoms with Crippen molar-refractivity contribution < 1.29 is 9.59 Å². The molecule has 1 amide bonds. The summed E-state index contributed by atoms with van der Waals surface area (Å²) in [5.41, 5.74) is 5.07. The minimum absolute atomic E-state index is 0.314. The van der Waals surface area contributed by atoms with Crippen LogP contribution in [-0.2, 0) is 0 Å². The van der Waals surface area contributed by atoms with E-state index >= 15 is 0 Å². The van der Waals surface area contributed by atoms with Crippen LogP contribution in [0.1, 0.15) is 32.1 Å². The van der Waals surface area contributed by atoms with Crippen LogP contribution in [0.15, 0.2) is 24.3 Å². The molecule has 2 rings (SSSR count). The maximum Gasteiger partial charge on any atom is 0.270 e. The molecule has 1 aromatic heterocycles. The first kappa shape index (κ1) is 14.6. The Bertz CT molecular complexity index is 693. The number of benzene rings is 1. The molecular weight excluding hydrogens is 299 g/mol. The van der Waals surface area contributed by atoms with Crippen LogP contribution in [0.5, 0.6) is 0 Å². The second kappa shape index (κ2) is 5.69. The summed E-state index contributed by atoms with van der Waals surface area (Å²) in [7, 11) is 0. The van der Waals surface area contributed by atoms with Gasteiger partial charge < -0.3 is 0 Å². The smallest absolute Gasteiger partial charge is 0.270 e. The molecule has 1 heterocycles. The molecular formula is C14H12Cl2N2O2. The number of aromatic nitrogens is 1. The Hall–Kier alpha value is -1.78. The average molecular weight is 311 g/mol. The lowest BCUT2D eigenvalue weighted by Gasteiger charge is -2.11. The summed E-state index contributed by atoms with van der Waals surface area (Å²) in [6.45, 7) is 3.56. The van der Waals surface area contributed by atoms with Crippen molar-refractivity contribution in [2.24, 2.45) is 0 Å². The van der Waals surface area contributed by atoms with Gasteiger partial charge in [-0.1, -0.05) is 23.2 Å². The molecule has 6 heteroatoms. The number of hydrogen-bond donors (Lipinski definition) is 1. The molecule has 0 aliphatic carbocycles. The molecule has 0 saturated carbocycles. The summed E-state index contributed by atoms with van der Waals surface area (Å²) in [5.74, 6) is -0.331. The number of nitrogens with one attached hydrogen (secondary N) is 1. The lowest BCUT2D eigenvalue weighted by atomic mass is 10.2. The topological polar surface area (TPSA) is 51.1 Å². The van der Waals surface area contributed by atoms with Gasteiger partial charge in [-0.3, -0.25) is 19.7 Å². The largest absolute Gasteiger partial charge is 0.298 e. The number of carbonyl (C=O) groups excluding carboxylic acids is 2. The second-order valence-corrected chi connectivity index (χ2v) is 5.16. The number of halogens is 2. The molecule has 0 saturated heterocycles. The first-order valence-corrected chi connectivity index (χ1v) is 6.60. The number of rotatable bonds is 3. The SMILES string of the molecule is Cc1cc(C=O)c(C)n1NC(=O)c1ccc(Cl)c(Cl)c1. The molecule has 0 aliphatic heterocycles. The fourth-order valence-electron chi connectivity index (χ4n) is 1.88. The van der Waals surface area contributed by atoms with Crippen molar-refractivity contribution in [1.82, 2.24) is 4.68 Å². The van der Waals surface area contributed by atoms with Crippen LogP contribution in [0.3, 0.4) is 0 Å². The predicted octanol–water partition coefficient (Wildman–Crippen LogP) is 3.61. The van der Waals surface area contributed by atoms with E-state index in [-0.39, 0.29) is 5.91 Å². The molecule has 1 N–H and O–H groups in total. The van der Waals surface area contributed by atoms with Crippen LogP contribution in [0.2, 0.25) is 10.0 Å². The van der Waals surface area contributed by atoms with E-state index in [2.05, 4.69) is 5.43 Å². The van der Waals surface area contributed by atoms with Crippen molar-refractivity contribution in [3.05, 3.63) is 56.8 Å². The highest BCUT2D eigenvalue weighted by Gasteiger charge is 2.13. The molecule has 20 heavy (non-hydrogen) atoms. The first-order valence-electron chi connectivity index (χ1n) is 5.84. The first-order chi connectivity index (χ1) is 9.43. The van der Waals surface area contributed by atoms with Crippen molar-refractivity contribution >= 4 is 35.4 Å². The van der Waals surface area contributed by atoms with Crippen molar-refractivity contribution in [1.29, 1.82) is 0 Å². The van der Waals surface area contributed by atoms with Gasteiger partial charge in [0, 0.05) is 22.5 Å². The number of amides is 1. The summed E-state index contributed by atoms with van der Waals surface area (Å²) in [6.07, 6.45) is 0.754. The van der Waals surface area contributed by atoms with Crippen LogP contribution >= 0.6 is 23.2 Å². The average Bonchev–Trinajstić information content (AvgIpc) is 2.69. The van der Waals surface area contributed by atoms with Gasteiger partial charge in [0.1, 0.15) is 0 Å². The van der Waals surface area contributed by atoms with Gasteiger partial charge in [0.05, 0.1) is 10.0 Å². The molecule has 0 bridgehead atoms. The molecule has 0 radical (unpaired) electrons. The zero-order valence-electron chi connectivity index (χ0n) is 10.9. The third kappa shape index (κ3) is 2.71. The van der Waals surface area contributed by atoms with Crippen molar-refractivity contribution in [3.8, 4) is 0 Å². The maximum absolute atomic E-state index is 12.2. The Morgan fingerprint density at radius 1 is 1.20 bits per heavy atom. The van der Waals surface area contributed by atoms with Crippen LogP contribution < -0.4 is 5.43 Å². The summed E-state index contributed by atoms with van der Waals surface area (Å²) in [6, 6.07) is 6.34. The summed E-state index contributed by atoms with van der Waals surface area (Å²) >= 11 is 11.7. The van der Waals surface area contributed by atoms with E-state index in [0.717, 1.165) is 12.0 Å². The molecule has 0 atom stereocenters. The van der Waals surface area contributed by atoms with Gasteiger partial charge in [0.25, 0.3) is 5.91 Å². The fourth-order valence-corrected chi connectivity index (χ4v) is 2.18. The highest BCUT2D eigenvalue weighted by Crippen LogP contribution is 2.22. The maximum atomic E-state index is 12.2. The molecule has 2 aromatic rings. The number of carbonyl (C=O) groups is 2. The third-order valence-electron chi connectivity index (χ3n) is 2.99. The number of aryl methyl sites for hydroxylation is 1. The number of nitrogens with zero attached hydrogens (tertiary/aromatic N) is 1. The Labute approximate surface area is 126 Å². The van der Waals surface area contributed by atoms with E-state index in [1.165, 1.54) is 6.07 Å². The van der Waals surface area contributed by atoms with Gasteiger partial charge in [0.15, 0.2) is 6.29 Å². The van der Waals surface area contributed by atoms with Gasteiger partial charge >= 0.3 is 0 Å². The molecule has 0 aliphatic rings. The zero-order chi connectivity index (χ0) is 14.9. The van der Waals surface area contributed by atoms with E-state index < -0.39 is 0 Å². The van der Waals surface area contributed by atoms with Crippen LogP contribution in [-0.4, -0.2) is 16.9 Å². The molecule has 104 valence electrons. The minimum Gasteiger partial charge on any atom is -0.298 e. The van der Waals surface area contributed by atoms with Gasteiger partial charge in [-0.05, 0) is 38.1 Å². The molecule has 0 spiro atoms. The minimum atomic E-state index is -0.331. The molecule has 4 nitrogen and oxygen atoms in total. The van der Waals surface area contributed by atoms with E-state index in [1.54, 1.807) is 36.7 Å². The lowest BCUT2D eigenvalue weighted by molar-refractivity contribution is 0.101. The van der Waals surface area contributed by atoms with Gasteiger partial charge in [-0.2, -0.15) is 0 Å². The quantitative estimate of drug-likeness (QED) is 0.880. The predicted molar refractivity (Wildman–Crippen MR) is 79.4 cm³/mol. The molecule has 1 aromatic carbocycles. The molecule has 0 fully saturated rings. The normalized spacial score (nSPS) is 10.4. The Kier molecular flexibility index (Phi) is 4.16. The Morgan fingerprint density at radius 3 is 2.45 bits per heavy atom. The van der Waals surface area contributed by atoms with Gasteiger partial charge in [-0.15, -0.1) is 0 Å². The van der Waals surface area contributed by atoms with Crippen molar-refractivity contribution in [2.75, 3.05) is 5.43 Å². The van der Waals surface area contributed by atoms with E-state index in [4.69, 9.17) is 23.2 Å². The summed E-state index contributed by atoms with van der Waals surface area (Å²) < 4.78 is 1.56. The number of aldehydes is 1. The van der Waals surface area contributed by atoms with Crippen molar-refractivity contribution in [3.63, 3.8) is 0 Å². The van der Waals surface area contributed by atoms with E-state index in [0.29, 0.717) is 26.9 Å². The lowest BCUT2D eigenvalue weighted by Crippen LogP contribution is -2.24. The number of hydrogen-bond acceptors (Lipinski definition) is 2. The Balaban J connectivity index is 2.30. The van der Waals surface area contributed by atoms with E-state index in [1.807, 2.05) is 0 Å². The van der Waals surface area contributed by atoms with Crippen LogP contribution in [0.4, 0.5) is 0 Å². The monoisotopic (exact) mass is 310 g/mol.